The minimum atomic E-state index is 0.232. The predicted octanol–water partition coefficient (Wildman–Crippen LogP) is 1.70. The number of hydrogen-bond donors (Lipinski definition) is 0. The van der Waals surface area contributed by atoms with Crippen LogP contribution in [0.1, 0.15) is 56.1 Å². The van der Waals surface area contributed by atoms with Crippen molar-refractivity contribution >= 4 is 17.4 Å². The fourth-order valence-electron chi connectivity index (χ4n) is 5.78. The molecule has 154 valence electrons. The molecule has 4 atom stereocenters. The minimum absolute atomic E-state index is 0.232. The summed E-state index contributed by atoms with van der Waals surface area (Å²) in [5.41, 5.74) is 1.14. The highest BCUT2D eigenvalue weighted by Crippen LogP contribution is 2.44. The molecule has 1 aromatic heterocycles. The Morgan fingerprint density at radius 2 is 1.86 bits per heavy atom. The first-order chi connectivity index (χ1) is 13.6. The van der Waals surface area contributed by atoms with Crippen molar-refractivity contribution in [1.82, 2.24) is 24.3 Å². The molecule has 0 aliphatic carbocycles. The quantitative estimate of drug-likeness (QED) is 0.763. The van der Waals surface area contributed by atoms with Gasteiger partial charge in [0.1, 0.15) is 0 Å². The van der Waals surface area contributed by atoms with Crippen LogP contribution in [0.4, 0.5) is 0 Å². The number of likely N-dealkylation sites (tertiary alicyclic amines) is 1. The summed E-state index contributed by atoms with van der Waals surface area (Å²) in [5, 5.41) is 4.28. The molecule has 0 unspecified atom stereocenters. The summed E-state index contributed by atoms with van der Waals surface area (Å²) in [5.74, 6) is 0.304. The lowest BCUT2D eigenvalue weighted by molar-refractivity contribution is -0.136. The highest BCUT2D eigenvalue weighted by atomic mass is 32.1. The van der Waals surface area contributed by atoms with Gasteiger partial charge in [-0.1, -0.05) is 4.49 Å². The average Bonchev–Trinajstić information content (AvgIpc) is 3.26. The molecule has 0 aromatic carbocycles. The second-order valence-corrected chi connectivity index (χ2v) is 9.84. The normalized spacial score (nSPS) is 34.6. The molecule has 0 spiro atoms. The summed E-state index contributed by atoms with van der Waals surface area (Å²) >= 11 is 1.48. The first-order valence-corrected chi connectivity index (χ1v) is 11.6. The number of ether oxygens (including phenoxy) is 1. The van der Waals surface area contributed by atoms with Crippen LogP contribution < -0.4 is 0 Å². The van der Waals surface area contributed by atoms with Gasteiger partial charge in [-0.15, -0.1) is 5.10 Å². The number of carbonyl (C=O) groups is 1. The predicted molar refractivity (Wildman–Crippen MR) is 107 cm³/mol. The van der Waals surface area contributed by atoms with Crippen molar-refractivity contribution in [1.29, 1.82) is 0 Å². The molecule has 1 amide bonds. The molecule has 5 rings (SSSR count). The van der Waals surface area contributed by atoms with E-state index in [4.69, 9.17) is 4.74 Å². The number of amides is 1. The van der Waals surface area contributed by atoms with Gasteiger partial charge in [-0.25, -0.2) is 0 Å². The zero-order valence-corrected chi connectivity index (χ0v) is 17.7. The fraction of sp³-hybridized carbons (Fsp3) is 0.850. The summed E-state index contributed by atoms with van der Waals surface area (Å²) < 4.78 is 10.0. The van der Waals surface area contributed by atoms with E-state index in [0.717, 1.165) is 64.0 Å². The SMILES string of the molecule is C[C@@H]1CN(C2CCN(CC(=O)N3[C@H]4CC[C@H]3c3snnc3C4)CC2)C[C@@H](C)O1. The summed E-state index contributed by atoms with van der Waals surface area (Å²) in [4.78, 5) is 21.5. The Morgan fingerprint density at radius 1 is 1.11 bits per heavy atom. The standard InChI is InChI=1S/C20H31N5O2S/c1-13-10-24(11-14(2)27-13)15-5-7-23(8-6-15)12-19(26)25-16-3-4-18(25)20-17(9-16)21-22-28-20/h13-16,18H,3-12H2,1-2H3/t13-,14-,16+,18+/m1/s1. The molecule has 0 saturated carbocycles. The van der Waals surface area contributed by atoms with Crippen LogP contribution in [0.25, 0.3) is 0 Å². The number of hydrogen-bond acceptors (Lipinski definition) is 7. The van der Waals surface area contributed by atoms with Gasteiger partial charge in [0.25, 0.3) is 0 Å². The van der Waals surface area contributed by atoms with E-state index in [9.17, 15) is 4.79 Å². The number of fused-ring (bicyclic) bond motifs is 4. The third-order valence-electron chi connectivity index (χ3n) is 6.99. The van der Waals surface area contributed by atoms with E-state index in [-0.39, 0.29) is 6.04 Å². The molecular formula is C20H31N5O2S. The van der Waals surface area contributed by atoms with Gasteiger partial charge in [-0.2, -0.15) is 0 Å². The van der Waals surface area contributed by atoms with Crippen LogP contribution in [0.2, 0.25) is 0 Å². The molecule has 4 aliphatic rings. The van der Waals surface area contributed by atoms with Crippen LogP contribution >= 0.6 is 11.5 Å². The van der Waals surface area contributed by atoms with Crippen molar-refractivity contribution in [3.8, 4) is 0 Å². The molecule has 28 heavy (non-hydrogen) atoms. The van der Waals surface area contributed by atoms with Crippen molar-refractivity contribution in [2.45, 2.75) is 76.3 Å². The van der Waals surface area contributed by atoms with E-state index in [0.29, 0.717) is 36.7 Å². The third-order valence-corrected chi connectivity index (χ3v) is 7.86. The monoisotopic (exact) mass is 405 g/mol. The van der Waals surface area contributed by atoms with Gasteiger partial charge in [0.2, 0.25) is 5.91 Å². The average molecular weight is 406 g/mol. The smallest absolute Gasteiger partial charge is 0.237 e. The van der Waals surface area contributed by atoms with E-state index < -0.39 is 0 Å². The fourth-order valence-corrected chi connectivity index (χ4v) is 6.59. The van der Waals surface area contributed by atoms with Gasteiger partial charge < -0.3 is 9.64 Å². The Morgan fingerprint density at radius 3 is 2.61 bits per heavy atom. The Hall–Kier alpha value is -1.09. The van der Waals surface area contributed by atoms with Gasteiger partial charge in [0.05, 0.1) is 35.4 Å². The summed E-state index contributed by atoms with van der Waals surface area (Å²) in [6.45, 7) is 9.03. The lowest BCUT2D eigenvalue weighted by Gasteiger charge is -2.44. The highest BCUT2D eigenvalue weighted by molar-refractivity contribution is 7.05. The summed E-state index contributed by atoms with van der Waals surface area (Å²) in [6.07, 6.45) is 6.03. The maximum absolute atomic E-state index is 13.1. The van der Waals surface area contributed by atoms with Gasteiger partial charge in [0, 0.05) is 44.7 Å². The molecule has 5 heterocycles. The number of carbonyl (C=O) groups excluding carboxylic acids is 1. The molecule has 3 saturated heterocycles. The minimum Gasteiger partial charge on any atom is -0.373 e. The number of nitrogens with zero attached hydrogens (tertiary/aromatic N) is 5. The van der Waals surface area contributed by atoms with Crippen molar-refractivity contribution < 1.29 is 9.53 Å². The highest BCUT2D eigenvalue weighted by Gasteiger charge is 2.44. The van der Waals surface area contributed by atoms with E-state index in [1.165, 1.54) is 16.4 Å². The van der Waals surface area contributed by atoms with Gasteiger partial charge in [-0.3, -0.25) is 14.6 Å². The first kappa shape index (κ1) is 18.9. The molecule has 0 radical (unpaired) electrons. The van der Waals surface area contributed by atoms with E-state index in [2.05, 4.69) is 38.1 Å². The van der Waals surface area contributed by atoms with Crippen LogP contribution in [0.15, 0.2) is 0 Å². The van der Waals surface area contributed by atoms with Gasteiger partial charge >= 0.3 is 0 Å². The largest absolute Gasteiger partial charge is 0.373 e. The van der Waals surface area contributed by atoms with E-state index in [1.54, 1.807) is 0 Å². The zero-order chi connectivity index (χ0) is 19.3. The van der Waals surface area contributed by atoms with Crippen LogP contribution in [-0.4, -0.2) is 87.2 Å². The second kappa shape index (κ2) is 7.63. The van der Waals surface area contributed by atoms with Crippen molar-refractivity contribution in [2.24, 2.45) is 0 Å². The molecule has 8 heteroatoms. The number of aromatic nitrogens is 2. The number of rotatable bonds is 3. The number of piperidine rings is 1. The van der Waals surface area contributed by atoms with Crippen LogP contribution in [0.5, 0.6) is 0 Å². The van der Waals surface area contributed by atoms with Gasteiger partial charge in [0.15, 0.2) is 0 Å². The van der Waals surface area contributed by atoms with Crippen molar-refractivity contribution in [2.75, 3.05) is 32.7 Å². The maximum Gasteiger partial charge on any atom is 0.237 e. The molecule has 3 fully saturated rings. The topological polar surface area (TPSA) is 61.8 Å². The molecule has 7 nitrogen and oxygen atoms in total. The van der Waals surface area contributed by atoms with E-state index >= 15 is 0 Å². The van der Waals surface area contributed by atoms with Crippen LogP contribution in [0.3, 0.4) is 0 Å². The molecule has 1 aromatic rings. The Labute approximate surface area is 171 Å². The van der Waals surface area contributed by atoms with E-state index in [1.807, 2.05) is 0 Å². The van der Waals surface area contributed by atoms with Gasteiger partial charge in [-0.05, 0) is 51.1 Å². The van der Waals surface area contributed by atoms with Crippen molar-refractivity contribution in [3.63, 3.8) is 0 Å². The van der Waals surface area contributed by atoms with Crippen molar-refractivity contribution in [3.05, 3.63) is 10.6 Å². The molecular weight excluding hydrogens is 374 g/mol. The zero-order valence-electron chi connectivity index (χ0n) is 16.9. The lowest BCUT2D eigenvalue weighted by atomic mass is 10.0. The molecule has 0 N–H and O–H groups in total. The maximum atomic E-state index is 13.1. The second-order valence-electron chi connectivity index (χ2n) is 9.05. The molecule has 4 aliphatic heterocycles. The Balaban J connectivity index is 1.16. The molecule has 2 bridgehead atoms. The lowest BCUT2D eigenvalue weighted by Crippen LogP contribution is -2.54. The summed E-state index contributed by atoms with van der Waals surface area (Å²) in [6, 6.07) is 1.20. The Kier molecular flexibility index (Phi) is 5.15. The summed E-state index contributed by atoms with van der Waals surface area (Å²) in [7, 11) is 0. The number of morpholine rings is 1. The van der Waals surface area contributed by atoms with Crippen LogP contribution in [-0.2, 0) is 16.0 Å². The van der Waals surface area contributed by atoms with Crippen LogP contribution in [0, 0.1) is 0 Å². The first-order valence-electron chi connectivity index (χ1n) is 10.8. The Bertz CT molecular complexity index is 709. The third kappa shape index (κ3) is 3.49.